The Bertz CT molecular complexity index is 3350. The maximum Gasteiger partial charge on any atom is -0.000718 e. The highest BCUT2D eigenvalue weighted by atomic mass is 14.4. The summed E-state index contributed by atoms with van der Waals surface area (Å²) in [6.07, 6.45) is 0. The molecule has 0 radical (unpaired) electrons. The van der Waals surface area contributed by atoms with Gasteiger partial charge >= 0.3 is 0 Å². The molecule has 0 atom stereocenters. The topological polar surface area (TPSA) is 0 Å². The minimum absolute atomic E-state index is 0.0624. The van der Waals surface area contributed by atoms with Crippen LogP contribution in [0.4, 0.5) is 0 Å². The zero-order chi connectivity index (χ0) is 40.9. The van der Waals surface area contributed by atoms with Crippen LogP contribution < -0.4 is 0 Å². The third kappa shape index (κ3) is 5.81. The smallest absolute Gasteiger partial charge is 0.000718 e. The Morgan fingerprint density at radius 2 is 0.700 bits per heavy atom. The average molecular weight is 769 g/mol. The van der Waals surface area contributed by atoms with Gasteiger partial charge in [-0.05, 0) is 162 Å². The zero-order valence-electron chi connectivity index (χ0n) is 35.3. The predicted molar refractivity (Wildman–Crippen MR) is 260 cm³/mol. The summed E-state index contributed by atoms with van der Waals surface area (Å²) in [7, 11) is 0. The maximum absolute atomic E-state index is 2.49. The van der Waals surface area contributed by atoms with E-state index in [0.29, 0.717) is 0 Å². The Kier molecular flexibility index (Phi) is 8.10. The summed E-state index contributed by atoms with van der Waals surface area (Å²) >= 11 is 0. The first kappa shape index (κ1) is 36.3. The molecule has 0 aromatic heterocycles. The van der Waals surface area contributed by atoms with Gasteiger partial charge in [-0.3, -0.25) is 0 Å². The summed E-state index contributed by atoms with van der Waals surface area (Å²) in [5.41, 5.74) is 17.9. The molecule has 288 valence electrons. The molecule has 1 aliphatic carbocycles. The van der Waals surface area contributed by atoms with E-state index in [1.807, 2.05) is 0 Å². The molecule has 11 rings (SSSR count). The molecule has 0 spiro atoms. The van der Waals surface area contributed by atoms with Crippen LogP contribution in [0.2, 0.25) is 0 Å². The minimum Gasteiger partial charge on any atom is -0.0622 e. The summed E-state index contributed by atoms with van der Waals surface area (Å²) in [6, 6.07) is 68.9. The first-order chi connectivity index (χ1) is 29.0. The highest BCUT2D eigenvalue weighted by Gasteiger charge is 2.33. The third-order valence-electron chi connectivity index (χ3n) is 13.0. The van der Waals surface area contributed by atoms with Gasteiger partial charge in [-0.1, -0.05) is 193 Å². The molecule has 60 heavy (non-hydrogen) atoms. The van der Waals surface area contributed by atoms with Crippen molar-refractivity contribution < 1.29 is 0 Å². The number of fused-ring (bicyclic) bond motifs is 7. The number of rotatable bonds is 4. The van der Waals surface area contributed by atoms with Crippen LogP contribution in [-0.2, 0) is 10.8 Å². The van der Waals surface area contributed by atoms with Crippen molar-refractivity contribution in [3.05, 3.63) is 193 Å². The second-order valence-electron chi connectivity index (χ2n) is 18.9. The van der Waals surface area contributed by atoms with Crippen molar-refractivity contribution in [3.8, 4) is 66.8 Å². The SMILES string of the molecule is CC(C)(C)c1cc(-c2ccccc2)cc(-c2c3c(c(-c4cc(-c5ccccc5)cc(C(C)(C)C)c4)c4cc5ccccc5cc24)-c2cc4ccccc4c4cccc-3c24)c1. The molecule has 10 aromatic rings. The van der Waals surface area contributed by atoms with E-state index in [9.17, 15) is 0 Å². The summed E-state index contributed by atoms with van der Waals surface area (Å²) in [4.78, 5) is 0. The monoisotopic (exact) mass is 768 g/mol. The van der Waals surface area contributed by atoms with E-state index in [1.54, 1.807) is 0 Å². The van der Waals surface area contributed by atoms with Gasteiger partial charge in [0.25, 0.3) is 0 Å². The van der Waals surface area contributed by atoms with Gasteiger partial charge in [0, 0.05) is 0 Å². The van der Waals surface area contributed by atoms with Gasteiger partial charge in [0.2, 0.25) is 0 Å². The zero-order valence-corrected chi connectivity index (χ0v) is 35.3. The Hall–Kier alpha value is -6.76. The summed E-state index contributed by atoms with van der Waals surface area (Å²) in [6.45, 7) is 14.1. The Morgan fingerprint density at radius 1 is 0.267 bits per heavy atom. The molecule has 0 nitrogen and oxygen atoms in total. The van der Waals surface area contributed by atoms with Gasteiger partial charge in [0.1, 0.15) is 0 Å². The van der Waals surface area contributed by atoms with Crippen LogP contribution in [0.3, 0.4) is 0 Å². The van der Waals surface area contributed by atoms with E-state index in [1.165, 1.54) is 121 Å². The molecule has 0 aliphatic heterocycles. The van der Waals surface area contributed by atoms with Gasteiger partial charge in [0.15, 0.2) is 0 Å². The normalized spacial score (nSPS) is 12.5. The van der Waals surface area contributed by atoms with Crippen LogP contribution >= 0.6 is 0 Å². The van der Waals surface area contributed by atoms with Crippen molar-refractivity contribution in [2.75, 3.05) is 0 Å². The fourth-order valence-corrected chi connectivity index (χ4v) is 9.88. The first-order valence-corrected chi connectivity index (χ1v) is 21.4. The molecule has 1 aliphatic rings. The van der Waals surface area contributed by atoms with Gasteiger partial charge in [-0.25, -0.2) is 0 Å². The van der Waals surface area contributed by atoms with Crippen molar-refractivity contribution >= 4 is 43.1 Å². The molecule has 0 heterocycles. The largest absolute Gasteiger partial charge is 0.0622 e. The van der Waals surface area contributed by atoms with E-state index in [4.69, 9.17) is 0 Å². The molecule has 0 bridgehead atoms. The lowest BCUT2D eigenvalue weighted by atomic mass is 9.77. The Morgan fingerprint density at radius 3 is 1.22 bits per heavy atom. The average Bonchev–Trinajstić information content (AvgIpc) is 3.58. The predicted octanol–water partition coefficient (Wildman–Crippen LogP) is 17.2. The van der Waals surface area contributed by atoms with Crippen LogP contribution in [0.5, 0.6) is 0 Å². The van der Waals surface area contributed by atoms with Crippen molar-refractivity contribution in [1.82, 2.24) is 0 Å². The number of hydrogen-bond acceptors (Lipinski definition) is 0. The van der Waals surface area contributed by atoms with Crippen LogP contribution in [0.15, 0.2) is 182 Å². The molecule has 10 aromatic carbocycles. The van der Waals surface area contributed by atoms with Gasteiger partial charge in [-0.2, -0.15) is 0 Å². The van der Waals surface area contributed by atoms with Gasteiger partial charge in [0.05, 0.1) is 0 Å². The first-order valence-electron chi connectivity index (χ1n) is 21.4. The minimum atomic E-state index is -0.0639. The molecule has 0 fully saturated rings. The van der Waals surface area contributed by atoms with Crippen LogP contribution in [0.25, 0.3) is 110 Å². The second kappa shape index (κ2) is 13.4. The molecule has 0 amide bonds. The van der Waals surface area contributed by atoms with Gasteiger partial charge in [-0.15, -0.1) is 0 Å². The highest BCUT2D eigenvalue weighted by molar-refractivity contribution is 6.31. The van der Waals surface area contributed by atoms with Gasteiger partial charge < -0.3 is 0 Å². The lowest BCUT2D eigenvalue weighted by molar-refractivity contribution is 0.590. The summed E-state index contributed by atoms with van der Waals surface area (Å²) < 4.78 is 0. The number of hydrogen-bond donors (Lipinski definition) is 0. The van der Waals surface area contributed by atoms with Crippen LogP contribution in [-0.4, -0.2) is 0 Å². The van der Waals surface area contributed by atoms with E-state index >= 15 is 0 Å². The molecule has 0 saturated heterocycles. The van der Waals surface area contributed by atoms with Crippen molar-refractivity contribution in [2.24, 2.45) is 0 Å². The van der Waals surface area contributed by atoms with E-state index in [2.05, 4.69) is 224 Å². The molecular weight excluding hydrogens is 721 g/mol. The van der Waals surface area contributed by atoms with Crippen molar-refractivity contribution in [2.45, 2.75) is 52.4 Å². The lowest BCUT2D eigenvalue weighted by Gasteiger charge is -2.26. The van der Waals surface area contributed by atoms with Crippen molar-refractivity contribution in [1.29, 1.82) is 0 Å². The lowest BCUT2D eigenvalue weighted by Crippen LogP contribution is -2.11. The van der Waals surface area contributed by atoms with E-state index < -0.39 is 0 Å². The summed E-state index contributed by atoms with van der Waals surface area (Å²) in [5, 5.41) is 10.3. The van der Waals surface area contributed by atoms with Crippen LogP contribution in [0, 0.1) is 0 Å². The maximum atomic E-state index is 2.49. The Balaban J connectivity index is 1.38. The molecule has 0 N–H and O–H groups in total. The Labute approximate surface area is 353 Å². The fourth-order valence-electron chi connectivity index (χ4n) is 9.88. The van der Waals surface area contributed by atoms with E-state index in [-0.39, 0.29) is 10.8 Å². The fraction of sp³-hybridized carbons (Fsp3) is 0.133. The highest BCUT2D eigenvalue weighted by Crippen LogP contribution is 2.59. The van der Waals surface area contributed by atoms with Crippen molar-refractivity contribution in [3.63, 3.8) is 0 Å². The standard InChI is InChI=1S/C60H48/c1-59(2,3)46-30-42(37-18-9-7-10-19-37)28-44(32-46)54-51-34-39-22-13-14-23-40(39)35-52(51)55(45-29-43(38-20-11-8-12-21-38)31-47(33-45)60(4,5)6)58-53-36-41-24-15-16-25-48(41)49-26-17-27-50(56(49)53)57(54)58/h7-36H,1-6H3. The number of benzene rings is 10. The molecular formula is C60H48. The summed E-state index contributed by atoms with van der Waals surface area (Å²) in [5.74, 6) is 0. The molecule has 0 saturated carbocycles. The van der Waals surface area contributed by atoms with E-state index in [0.717, 1.165) is 0 Å². The quantitative estimate of drug-likeness (QED) is 0.124. The molecule has 0 unspecified atom stereocenters. The molecule has 0 heteroatoms. The third-order valence-corrected chi connectivity index (χ3v) is 13.0. The van der Waals surface area contributed by atoms with Crippen LogP contribution in [0.1, 0.15) is 52.7 Å². The second-order valence-corrected chi connectivity index (χ2v) is 18.9.